The molecule has 186 valence electrons. The first kappa shape index (κ1) is 24.8. The van der Waals surface area contributed by atoms with Crippen LogP contribution in [0.3, 0.4) is 0 Å². The molecule has 1 saturated heterocycles. The molecule has 0 bridgehead atoms. The number of esters is 1. The summed E-state index contributed by atoms with van der Waals surface area (Å²) in [6, 6.07) is 8.54. The molecule has 34 heavy (non-hydrogen) atoms. The second-order valence-electron chi connectivity index (χ2n) is 9.75. The second kappa shape index (κ2) is 10.5. The summed E-state index contributed by atoms with van der Waals surface area (Å²) in [4.78, 5) is 14.2. The highest BCUT2D eigenvalue weighted by molar-refractivity contribution is 5.91. The molecule has 0 aromatic heterocycles. The molecule has 1 saturated carbocycles. The van der Waals surface area contributed by atoms with Crippen molar-refractivity contribution in [2.45, 2.75) is 71.2 Å². The zero-order valence-electron chi connectivity index (χ0n) is 20.0. The van der Waals surface area contributed by atoms with Crippen LogP contribution in [0.1, 0.15) is 63.5 Å². The molecule has 0 amide bonds. The number of benzene rings is 2. The number of fused-ring (bicyclic) bond motifs is 1. The van der Waals surface area contributed by atoms with E-state index < -0.39 is 11.7 Å². The average Bonchev–Trinajstić information content (AvgIpc) is 2.80. The molecular weight excluding hydrogens is 443 g/mol. The second-order valence-corrected chi connectivity index (χ2v) is 9.75. The van der Waals surface area contributed by atoms with Gasteiger partial charge in [-0.25, -0.2) is 0 Å². The molecule has 1 aliphatic carbocycles. The van der Waals surface area contributed by atoms with E-state index >= 15 is 0 Å². The molecular formula is C27H34F3NO3. The summed E-state index contributed by atoms with van der Waals surface area (Å²) in [7, 11) is 0. The van der Waals surface area contributed by atoms with Crippen LogP contribution in [-0.2, 0) is 22.3 Å². The van der Waals surface area contributed by atoms with Gasteiger partial charge in [-0.2, -0.15) is 13.2 Å². The van der Waals surface area contributed by atoms with Crippen LogP contribution in [0, 0.1) is 11.8 Å². The fraction of sp³-hybridized carbons (Fsp3) is 0.593. The first-order valence-electron chi connectivity index (χ1n) is 12.4. The van der Waals surface area contributed by atoms with Crippen molar-refractivity contribution in [2.75, 3.05) is 19.7 Å². The topological polar surface area (TPSA) is 38.8 Å². The largest absolute Gasteiger partial charge is 0.490 e. The Kier molecular flexibility index (Phi) is 7.70. The van der Waals surface area contributed by atoms with E-state index in [-0.39, 0.29) is 29.1 Å². The Morgan fingerprint density at radius 2 is 1.74 bits per heavy atom. The Bertz CT molecular complexity index is 991. The van der Waals surface area contributed by atoms with Crippen LogP contribution in [0.2, 0.25) is 0 Å². The summed E-state index contributed by atoms with van der Waals surface area (Å²) in [5.41, 5.74) is -0.0252. The molecule has 2 fully saturated rings. The number of nitrogens with zero attached hydrogens (tertiary/aromatic N) is 1. The van der Waals surface area contributed by atoms with E-state index in [1.807, 2.05) is 6.07 Å². The molecule has 1 aliphatic heterocycles. The average molecular weight is 478 g/mol. The van der Waals surface area contributed by atoms with E-state index in [0.29, 0.717) is 56.0 Å². The van der Waals surface area contributed by atoms with Crippen molar-refractivity contribution in [3.05, 3.63) is 41.5 Å². The minimum Gasteiger partial charge on any atom is -0.490 e. The molecule has 4 nitrogen and oxygen atoms in total. The van der Waals surface area contributed by atoms with Crippen molar-refractivity contribution in [1.29, 1.82) is 0 Å². The molecule has 0 N–H and O–H groups in total. The molecule has 7 heteroatoms. The van der Waals surface area contributed by atoms with Crippen LogP contribution < -0.4 is 4.74 Å². The molecule has 2 aromatic carbocycles. The van der Waals surface area contributed by atoms with Gasteiger partial charge < -0.3 is 9.47 Å². The Balaban J connectivity index is 1.60. The van der Waals surface area contributed by atoms with Crippen LogP contribution in [0.4, 0.5) is 13.2 Å². The van der Waals surface area contributed by atoms with Crippen molar-refractivity contribution in [2.24, 2.45) is 11.8 Å². The first-order valence-corrected chi connectivity index (χ1v) is 12.4. The Labute approximate surface area is 199 Å². The summed E-state index contributed by atoms with van der Waals surface area (Å²) in [6.45, 7) is 6.03. The monoisotopic (exact) mass is 477 g/mol. The van der Waals surface area contributed by atoms with Crippen molar-refractivity contribution in [3.8, 4) is 5.75 Å². The number of halogens is 3. The zero-order valence-corrected chi connectivity index (χ0v) is 20.0. The highest BCUT2D eigenvalue weighted by atomic mass is 19.4. The van der Waals surface area contributed by atoms with Gasteiger partial charge in [-0.15, -0.1) is 0 Å². The number of ether oxygens (including phenoxy) is 2. The van der Waals surface area contributed by atoms with Crippen molar-refractivity contribution in [3.63, 3.8) is 0 Å². The Morgan fingerprint density at radius 1 is 1.03 bits per heavy atom. The van der Waals surface area contributed by atoms with E-state index in [2.05, 4.69) is 11.8 Å². The third-order valence-electron chi connectivity index (χ3n) is 7.24. The van der Waals surface area contributed by atoms with E-state index in [9.17, 15) is 18.0 Å². The van der Waals surface area contributed by atoms with Crippen LogP contribution in [0.15, 0.2) is 30.3 Å². The van der Waals surface area contributed by atoms with Crippen molar-refractivity contribution >= 4 is 16.7 Å². The molecule has 0 unspecified atom stereocenters. The number of hydrogen-bond donors (Lipinski definition) is 0. The summed E-state index contributed by atoms with van der Waals surface area (Å²) in [6.07, 6.45) is 0.141. The van der Waals surface area contributed by atoms with Gasteiger partial charge >= 0.3 is 12.1 Å². The lowest BCUT2D eigenvalue weighted by molar-refractivity contribution is -0.149. The van der Waals surface area contributed by atoms with Crippen LogP contribution >= 0.6 is 0 Å². The quantitative estimate of drug-likeness (QED) is 0.440. The van der Waals surface area contributed by atoms with Gasteiger partial charge in [0.05, 0.1) is 18.6 Å². The van der Waals surface area contributed by atoms with Gasteiger partial charge in [0.15, 0.2) is 0 Å². The standard InChI is InChI=1S/C27H34F3NO3/c1-3-33-26(32)20-13-15-31(16-14-20)17-21-6-4-5-19-9-12-23(25(24(19)21)27(28,29)30)34-22-10-7-18(2)8-11-22/h4-6,9,12,18,20,22H,3,7-8,10-11,13-17H2,1-2H3/t18-,22+. The molecule has 0 atom stereocenters. The molecule has 2 aliphatic rings. The maximum atomic E-state index is 14.4. The molecule has 1 heterocycles. The van der Waals surface area contributed by atoms with Crippen molar-refractivity contribution < 1.29 is 27.4 Å². The fourth-order valence-electron chi connectivity index (χ4n) is 5.30. The number of rotatable bonds is 6. The van der Waals surface area contributed by atoms with Gasteiger partial charge in [-0.1, -0.05) is 31.2 Å². The Hall–Kier alpha value is -2.28. The lowest BCUT2D eigenvalue weighted by atomic mass is 9.89. The predicted molar refractivity (Wildman–Crippen MR) is 126 cm³/mol. The highest BCUT2D eigenvalue weighted by Gasteiger charge is 2.38. The number of piperidine rings is 1. The Morgan fingerprint density at radius 3 is 2.38 bits per heavy atom. The number of carbonyl (C=O) groups excluding carboxylic acids is 1. The summed E-state index contributed by atoms with van der Waals surface area (Å²) >= 11 is 0. The van der Waals surface area contributed by atoms with Crippen LogP contribution in [0.25, 0.3) is 10.8 Å². The van der Waals surface area contributed by atoms with E-state index in [1.165, 1.54) is 6.07 Å². The third kappa shape index (κ3) is 5.68. The summed E-state index contributed by atoms with van der Waals surface area (Å²) in [5, 5.41) is 0.792. The number of carbonyl (C=O) groups is 1. The number of likely N-dealkylation sites (tertiary alicyclic amines) is 1. The SMILES string of the molecule is CCOC(=O)C1CCN(Cc2cccc3ccc(O[C@H]4CC[C@@H](C)CC4)c(C(F)(F)F)c23)CC1. The zero-order chi connectivity index (χ0) is 24.3. The maximum Gasteiger partial charge on any atom is 0.420 e. The lowest BCUT2D eigenvalue weighted by Crippen LogP contribution is -2.36. The minimum absolute atomic E-state index is 0.0620. The molecule has 4 rings (SSSR count). The highest BCUT2D eigenvalue weighted by Crippen LogP contribution is 2.44. The van der Waals surface area contributed by atoms with E-state index in [0.717, 1.165) is 25.7 Å². The van der Waals surface area contributed by atoms with Gasteiger partial charge in [-0.3, -0.25) is 9.69 Å². The van der Waals surface area contributed by atoms with Gasteiger partial charge in [0.25, 0.3) is 0 Å². The van der Waals surface area contributed by atoms with Gasteiger partial charge in [0.1, 0.15) is 11.3 Å². The fourth-order valence-corrected chi connectivity index (χ4v) is 5.30. The first-order chi connectivity index (χ1) is 16.3. The smallest absolute Gasteiger partial charge is 0.420 e. The van der Waals surface area contributed by atoms with Gasteiger partial charge in [-0.05, 0) is 81.5 Å². The third-order valence-corrected chi connectivity index (χ3v) is 7.24. The van der Waals surface area contributed by atoms with E-state index in [1.54, 1.807) is 25.1 Å². The molecule has 0 radical (unpaired) electrons. The van der Waals surface area contributed by atoms with Crippen LogP contribution in [-0.4, -0.2) is 36.7 Å². The van der Waals surface area contributed by atoms with Gasteiger partial charge in [0.2, 0.25) is 0 Å². The number of hydrogen-bond acceptors (Lipinski definition) is 4. The van der Waals surface area contributed by atoms with E-state index in [4.69, 9.17) is 9.47 Å². The predicted octanol–water partition coefficient (Wildman–Crippen LogP) is 6.59. The minimum atomic E-state index is -4.52. The van der Waals surface area contributed by atoms with Crippen LogP contribution in [0.5, 0.6) is 5.75 Å². The van der Waals surface area contributed by atoms with Crippen molar-refractivity contribution in [1.82, 2.24) is 4.90 Å². The molecule has 0 spiro atoms. The van der Waals surface area contributed by atoms with Gasteiger partial charge in [0, 0.05) is 11.9 Å². The molecule has 2 aromatic rings. The normalized spacial score (nSPS) is 22.6. The summed E-state index contributed by atoms with van der Waals surface area (Å²) in [5.74, 6) is 0.226. The summed E-state index contributed by atoms with van der Waals surface area (Å²) < 4.78 is 54.4. The maximum absolute atomic E-state index is 14.4. The lowest BCUT2D eigenvalue weighted by Gasteiger charge is -2.31. The number of alkyl halides is 3.